The Morgan fingerprint density at radius 2 is 1.65 bits per heavy atom. The molecule has 6 unspecified atom stereocenters. The van der Waals surface area contributed by atoms with Gasteiger partial charge in [0.2, 0.25) is 0 Å². The lowest BCUT2D eigenvalue weighted by Gasteiger charge is -2.43. The summed E-state index contributed by atoms with van der Waals surface area (Å²) in [7, 11) is 1.86. The molecule has 4 N–H and O–H groups in total. The first kappa shape index (κ1) is 18.2. The summed E-state index contributed by atoms with van der Waals surface area (Å²) in [5.41, 5.74) is 11.3. The number of fused-ring (bicyclic) bond motifs is 2. The molecule has 6 atom stereocenters. The number of hydrazine groups is 2. The van der Waals surface area contributed by atoms with Gasteiger partial charge in [-0.15, -0.1) is 11.8 Å². The van der Waals surface area contributed by atoms with Crippen LogP contribution >= 0.6 is 11.8 Å². The van der Waals surface area contributed by atoms with Crippen molar-refractivity contribution in [2.75, 3.05) is 7.11 Å². The Morgan fingerprint density at radius 1 is 0.846 bits per heavy atom. The zero-order valence-corrected chi connectivity index (χ0v) is 16.8. The number of nitrogens with one attached hydrogen (secondary N) is 4. The molecule has 2 saturated carbocycles. The fraction of sp³-hybridized carbons (Fsp3) is 1.00. The summed E-state index contributed by atoms with van der Waals surface area (Å²) in [6.45, 7) is 0. The first-order valence-corrected chi connectivity index (χ1v) is 11.8. The van der Waals surface area contributed by atoms with Crippen LogP contribution in [0.1, 0.15) is 64.2 Å². The van der Waals surface area contributed by atoms with Crippen LogP contribution in [0, 0.1) is 11.8 Å². The molecule has 5 rings (SSSR count). The molecule has 5 aliphatic rings. The fourth-order valence-corrected chi connectivity index (χ4v) is 7.33. The number of methoxy groups -OCH3 is 1. The molecule has 0 amide bonds. The number of nitrogens with zero attached hydrogens (tertiary/aromatic N) is 1. The lowest BCUT2D eigenvalue weighted by atomic mass is 9.77. The maximum Gasteiger partial charge on any atom is 0.137 e. The van der Waals surface area contributed by atoms with Crippen LogP contribution < -0.4 is 21.6 Å². The minimum absolute atomic E-state index is 0.357. The Morgan fingerprint density at radius 3 is 2.50 bits per heavy atom. The normalized spacial score (nSPS) is 49.7. The highest BCUT2D eigenvalue weighted by Gasteiger charge is 2.48. The molecule has 0 aromatic carbocycles. The van der Waals surface area contributed by atoms with Crippen LogP contribution in [0.2, 0.25) is 0 Å². The standard InChI is InChI=1S/C19H35N5OS/c1-25-14-9-6-13(7-10-14)18-23-24-17(21-22-19(24)26-18)16-11-8-12-4-2-3-5-15(12)20-16/h12-23H,2-11H2,1H3. The van der Waals surface area contributed by atoms with Gasteiger partial charge < -0.3 is 10.1 Å². The predicted octanol–water partition coefficient (Wildman–Crippen LogP) is 2.10. The van der Waals surface area contributed by atoms with E-state index in [0.29, 0.717) is 29.2 Å². The molecule has 5 fully saturated rings. The smallest absolute Gasteiger partial charge is 0.137 e. The van der Waals surface area contributed by atoms with Crippen molar-refractivity contribution in [3.05, 3.63) is 0 Å². The third kappa shape index (κ3) is 3.45. The number of ether oxygens (including phenoxy) is 1. The predicted molar refractivity (Wildman–Crippen MR) is 105 cm³/mol. The summed E-state index contributed by atoms with van der Waals surface area (Å²) < 4.78 is 5.55. The van der Waals surface area contributed by atoms with E-state index in [1.54, 1.807) is 0 Å². The van der Waals surface area contributed by atoms with E-state index in [4.69, 9.17) is 4.74 Å². The molecule has 0 bridgehead atoms. The molecule has 0 aromatic heterocycles. The molecule has 3 aliphatic heterocycles. The second-order valence-electron chi connectivity index (χ2n) is 8.95. The van der Waals surface area contributed by atoms with Crippen LogP contribution in [0.25, 0.3) is 0 Å². The summed E-state index contributed by atoms with van der Waals surface area (Å²) in [5.74, 6) is 1.69. The molecule has 3 saturated heterocycles. The number of thioether (sulfide) groups is 1. The highest BCUT2D eigenvalue weighted by atomic mass is 32.2. The highest BCUT2D eigenvalue weighted by Crippen LogP contribution is 2.40. The van der Waals surface area contributed by atoms with Crippen molar-refractivity contribution in [3.63, 3.8) is 0 Å². The summed E-state index contributed by atoms with van der Waals surface area (Å²) in [6.07, 6.45) is 14.2. The first-order valence-electron chi connectivity index (χ1n) is 10.8. The van der Waals surface area contributed by atoms with E-state index in [1.807, 2.05) is 7.11 Å². The molecule has 2 aliphatic carbocycles. The zero-order chi connectivity index (χ0) is 17.5. The van der Waals surface area contributed by atoms with Gasteiger partial charge in [-0.1, -0.05) is 12.8 Å². The van der Waals surface area contributed by atoms with Crippen LogP contribution in [-0.4, -0.2) is 47.3 Å². The Labute approximate surface area is 161 Å². The van der Waals surface area contributed by atoms with Crippen molar-refractivity contribution in [2.45, 2.75) is 99.4 Å². The average molecular weight is 382 g/mol. The van der Waals surface area contributed by atoms with E-state index in [1.165, 1.54) is 64.2 Å². The van der Waals surface area contributed by atoms with Gasteiger partial charge in [0.25, 0.3) is 0 Å². The van der Waals surface area contributed by atoms with Crippen molar-refractivity contribution >= 4 is 11.8 Å². The Kier molecular flexibility index (Phi) is 5.49. The van der Waals surface area contributed by atoms with Crippen molar-refractivity contribution in [2.24, 2.45) is 11.8 Å². The first-order chi connectivity index (χ1) is 12.8. The Bertz CT molecular complexity index is 489. The Hall–Kier alpha value is 0.110. The van der Waals surface area contributed by atoms with Gasteiger partial charge in [-0.25, -0.2) is 16.3 Å². The topological polar surface area (TPSA) is 60.6 Å². The van der Waals surface area contributed by atoms with Gasteiger partial charge in [-0.3, -0.25) is 0 Å². The molecule has 0 aromatic rings. The molecular weight excluding hydrogens is 346 g/mol. The molecule has 7 heteroatoms. The van der Waals surface area contributed by atoms with Gasteiger partial charge in [0.05, 0.1) is 11.5 Å². The number of rotatable bonds is 3. The third-order valence-corrected chi connectivity index (χ3v) is 8.89. The number of piperidine rings is 1. The molecule has 0 radical (unpaired) electrons. The molecule has 3 heterocycles. The number of hydrogen-bond acceptors (Lipinski definition) is 7. The summed E-state index contributed by atoms with van der Waals surface area (Å²) >= 11 is 2.06. The molecule has 148 valence electrons. The van der Waals surface area contributed by atoms with E-state index in [-0.39, 0.29) is 0 Å². The quantitative estimate of drug-likeness (QED) is 0.597. The molecule has 6 nitrogen and oxygen atoms in total. The minimum Gasteiger partial charge on any atom is -0.381 e. The largest absolute Gasteiger partial charge is 0.381 e. The van der Waals surface area contributed by atoms with Crippen molar-refractivity contribution < 1.29 is 4.74 Å². The van der Waals surface area contributed by atoms with Gasteiger partial charge in [-0.2, -0.15) is 5.01 Å². The molecule has 0 spiro atoms. The maximum atomic E-state index is 5.55. The monoisotopic (exact) mass is 381 g/mol. The van der Waals surface area contributed by atoms with Gasteiger partial charge in [0.15, 0.2) is 0 Å². The lowest BCUT2D eigenvalue weighted by Crippen LogP contribution is -2.61. The van der Waals surface area contributed by atoms with E-state index in [9.17, 15) is 0 Å². The van der Waals surface area contributed by atoms with Gasteiger partial charge in [-0.05, 0) is 63.2 Å². The van der Waals surface area contributed by atoms with Crippen molar-refractivity contribution in [1.82, 2.24) is 26.6 Å². The van der Waals surface area contributed by atoms with Crippen LogP contribution in [-0.2, 0) is 4.74 Å². The SMILES string of the molecule is COC1CCC(C2NN3C(NNC3C3CCC4CCCCC4N3)S2)CC1. The highest BCUT2D eigenvalue weighted by molar-refractivity contribution is 8.00. The van der Waals surface area contributed by atoms with Crippen LogP contribution in [0.3, 0.4) is 0 Å². The van der Waals surface area contributed by atoms with E-state index < -0.39 is 0 Å². The Balaban J connectivity index is 1.18. The van der Waals surface area contributed by atoms with E-state index in [2.05, 4.69) is 38.4 Å². The summed E-state index contributed by atoms with van der Waals surface area (Å²) in [6, 6.07) is 1.29. The van der Waals surface area contributed by atoms with Gasteiger partial charge in [0, 0.05) is 19.2 Å². The lowest BCUT2D eigenvalue weighted by molar-refractivity contribution is 0.0435. The zero-order valence-electron chi connectivity index (χ0n) is 16.0. The van der Waals surface area contributed by atoms with E-state index >= 15 is 0 Å². The van der Waals surface area contributed by atoms with Crippen molar-refractivity contribution in [1.29, 1.82) is 0 Å². The number of hydrogen-bond donors (Lipinski definition) is 4. The maximum absolute atomic E-state index is 5.55. The average Bonchev–Trinajstić information content (AvgIpc) is 3.28. The third-order valence-electron chi connectivity index (χ3n) is 7.51. The summed E-state index contributed by atoms with van der Waals surface area (Å²) in [4.78, 5) is 0. The molecule has 26 heavy (non-hydrogen) atoms. The second kappa shape index (κ2) is 7.85. The van der Waals surface area contributed by atoms with Gasteiger partial charge in [0.1, 0.15) is 11.7 Å². The van der Waals surface area contributed by atoms with Crippen LogP contribution in [0.15, 0.2) is 0 Å². The van der Waals surface area contributed by atoms with Crippen LogP contribution in [0.5, 0.6) is 0 Å². The van der Waals surface area contributed by atoms with Gasteiger partial charge >= 0.3 is 0 Å². The molecular formula is C19H35N5OS. The summed E-state index contributed by atoms with van der Waals surface area (Å²) in [5, 5.41) is 7.02. The minimum atomic E-state index is 0.357. The second-order valence-corrected chi connectivity index (χ2v) is 10.2. The van der Waals surface area contributed by atoms with E-state index in [0.717, 1.165) is 17.9 Å². The van der Waals surface area contributed by atoms with Crippen LogP contribution in [0.4, 0.5) is 0 Å². The fourth-order valence-electron chi connectivity index (χ4n) is 5.92. The van der Waals surface area contributed by atoms with Crippen molar-refractivity contribution in [3.8, 4) is 0 Å².